The molecule has 0 bridgehead atoms. The van der Waals surface area contributed by atoms with Crippen LogP contribution in [0.25, 0.3) is 0 Å². The van der Waals surface area contributed by atoms with Crippen LogP contribution in [0, 0.1) is 5.92 Å². The molecule has 1 aromatic rings. The Morgan fingerprint density at radius 2 is 1.94 bits per heavy atom. The molecule has 3 heteroatoms. The molecule has 0 spiro atoms. The van der Waals surface area contributed by atoms with E-state index in [1.54, 1.807) is 0 Å². The summed E-state index contributed by atoms with van der Waals surface area (Å²) < 4.78 is 0. The van der Waals surface area contributed by atoms with Crippen LogP contribution in [0.4, 0.5) is 0 Å². The quantitative estimate of drug-likeness (QED) is 0.815. The number of nitrogens with two attached hydrogens (primary N) is 1. The Morgan fingerprint density at radius 3 is 2.41 bits per heavy atom. The van der Waals surface area contributed by atoms with Crippen molar-refractivity contribution in [1.29, 1.82) is 0 Å². The molecule has 17 heavy (non-hydrogen) atoms. The fraction of sp³-hybridized carbons (Fsp3) is 0.500. The van der Waals surface area contributed by atoms with Crippen molar-refractivity contribution in [2.75, 3.05) is 6.54 Å². The maximum atomic E-state index is 11.9. The van der Waals surface area contributed by atoms with Gasteiger partial charge in [0.15, 0.2) is 0 Å². The first-order chi connectivity index (χ1) is 7.98. The Labute approximate surface area is 103 Å². The molecule has 1 rings (SSSR count). The van der Waals surface area contributed by atoms with Crippen molar-refractivity contribution in [1.82, 2.24) is 5.32 Å². The van der Waals surface area contributed by atoms with Gasteiger partial charge in [0.05, 0.1) is 12.0 Å². The van der Waals surface area contributed by atoms with E-state index in [0.29, 0.717) is 18.9 Å². The molecule has 0 aliphatic heterocycles. The highest BCUT2D eigenvalue weighted by Gasteiger charge is 2.28. The van der Waals surface area contributed by atoms with Crippen molar-refractivity contribution in [3.8, 4) is 0 Å². The topological polar surface area (TPSA) is 55.1 Å². The lowest BCUT2D eigenvalue weighted by molar-refractivity contribution is -0.122. The predicted molar refractivity (Wildman–Crippen MR) is 70.6 cm³/mol. The van der Waals surface area contributed by atoms with Gasteiger partial charge in [-0.1, -0.05) is 44.2 Å². The molecule has 0 heterocycles. The molecule has 0 saturated carbocycles. The number of rotatable bonds is 5. The van der Waals surface area contributed by atoms with Crippen LogP contribution in [0.15, 0.2) is 30.3 Å². The molecule has 3 nitrogen and oxygen atoms in total. The number of carbonyl (C=O) groups excluding carboxylic acids is 1. The van der Waals surface area contributed by atoms with Gasteiger partial charge in [0.2, 0.25) is 5.91 Å². The van der Waals surface area contributed by atoms with E-state index in [1.165, 1.54) is 0 Å². The van der Waals surface area contributed by atoms with Gasteiger partial charge >= 0.3 is 0 Å². The molecule has 0 radical (unpaired) electrons. The minimum atomic E-state index is -0.328. The molecule has 1 unspecified atom stereocenters. The molecule has 0 saturated heterocycles. The van der Waals surface area contributed by atoms with Gasteiger partial charge in [-0.05, 0) is 18.4 Å². The highest BCUT2D eigenvalue weighted by Crippen LogP contribution is 2.15. The normalized spacial score (nSPS) is 14.4. The SMILES string of the molecule is CC(C)C(C)(CN)NC(=O)Cc1ccccc1. The Balaban J connectivity index is 2.61. The van der Waals surface area contributed by atoms with E-state index >= 15 is 0 Å². The Kier molecular flexibility index (Phi) is 4.70. The Morgan fingerprint density at radius 1 is 1.35 bits per heavy atom. The van der Waals surface area contributed by atoms with Crippen molar-refractivity contribution in [2.24, 2.45) is 11.7 Å². The zero-order valence-electron chi connectivity index (χ0n) is 10.9. The van der Waals surface area contributed by atoms with E-state index in [-0.39, 0.29) is 11.4 Å². The Bertz CT molecular complexity index is 362. The van der Waals surface area contributed by atoms with Crippen molar-refractivity contribution >= 4 is 5.91 Å². The summed E-state index contributed by atoms with van der Waals surface area (Å²) in [5.41, 5.74) is 6.43. The number of carbonyl (C=O) groups is 1. The molecular formula is C14H22N2O. The molecule has 0 aromatic heterocycles. The largest absolute Gasteiger partial charge is 0.349 e. The maximum absolute atomic E-state index is 11.9. The van der Waals surface area contributed by atoms with Gasteiger partial charge in [-0.15, -0.1) is 0 Å². The monoisotopic (exact) mass is 234 g/mol. The van der Waals surface area contributed by atoms with Crippen LogP contribution in [0.5, 0.6) is 0 Å². The smallest absolute Gasteiger partial charge is 0.224 e. The Hall–Kier alpha value is -1.35. The van der Waals surface area contributed by atoms with Crippen molar-refractivity contribution in [3.05, 3.63) is 35.9 Å². The van der Waals surface area contributed by atoms with Crippen LogP contribution >= 0.6 is 0 Å². The van der Waals surface area contributed by atoms with Crippen LogP contribution in [0.2, 0.25) is 0 Å². The molecule has 0 aliphatic rings. The van der Waals surface area contributed by atoms with Crippen molar-refractivity contribution < 1.29 is 4.79 Å². The number of amides is 1. The number of nitrogens with one attached hydrogen (secondary N) is 1. The predicted octanol–water partition coefficient (Wildman–Crippen LogP) is 1.72. The summed E-state index contributed by atoms with van der Waals surface area (Å²) in [7, 11) is 0. The first kappa shape index (κ1) is 13.7. The summed E-state index contributed by atoms with van der Waals surface area (Å²) in [5.74, 6) is 0.338. The average Bonchev–Trinajstić information content (AvgIpc) is 2.29. The average molecular weight is 234 g/mol. The molecule has 94 valence electrons. The summed E-state index contributed by atoms with van der Waals surface area (Å²) in [6, 6.07) is 9.73. The molecule has 1 amide bonds. The van der Waals surface area contributed by atoms with Crippen LogP contribution in [-0.4, -0.2) is 18.0 Å². The van der Waals surface area contributed by atoms with Crippen LogP contribution in [-0.2, 0) is 11.2 Å². The number of benzene rings is 1. The van der Waals surface area contributed by atoms with E-state index in [0.717, 1.165) is 5.56 Å². The molecule has 0 fully saturated rings. The van der Waals surface area contributed by atoms with Gasteiger partial charge in [0.1, 0.15) is 0 Å². The minimum Gasteiger partial charge on any atom is -0.349 e. The first-order valence-corrected chi connectivity index (χ1v) is 6.03. The lowest BCUT2D eigenvalue weighted by Crippen LogP contribution is -2.55. The minimum absolute atomic E-state index is 0.0258. The zero-order valence-corrected chi connectivity index (χ0v) is 10.9. The van der Waals surface area contributed by atoms with Gasteiger partial charge in [-0.3, -0.25) is 4.79 Å². The van der Waals surface area contributed by atoms with Gasteiger partial charge in [-0.2, -0.15) is 0 Å². The molecule has 1 aromatic carbocycles. The fourth-order valence-electron chi connectivity index (χ4n) is 1.58. The van der Waals surface area contributed by atoms with Crippen LogP contribution < -0.4 is 11.1 Å². The molecule has 0 aliphatic carbocycles. The first-order valence-electron chi connectivity index (χ1n) is 6.03. The summed E-state index contributed by atoms with van der Waals surface area (Å²) >= 11 is 0. The van der Waals surface area contributed by atoms with Crippen LogP contribution in [0.3, 0.4) is 0 Å². The maximum Gasteiger partial charge on any atom is 0.224 e. The van der Waals surface area contributed by atoms with Crippen LogP contribution in [0.1, 0.15) is 26.3 Å². The van der Waals surface area contributed by atoms with E-state index in [1.807, 2.05) is 37.3 Å². The van der Waals surface area contributed by atoms with E-state index in [9.17, 15) is 4.79 Å². The van der Waals surface area contributed by atoms with E-state index < -0.39 is 0 Å². The summed E-state index contributed by atoms with van der Waals surface area (Å²) in [5, 5.41) is 3.03. The second-order valence-corrected chi connectivity index (χ2v) is 4.99. The number of hydrogen-bond donors (Lipinski definition) is 2. The third kappa shape index (κ3) is 3.86. The standard InChI is InChI=1S/C14H22N2O/c1-11(2)14(3,10-15)16-13(17)9-12-7-5-4-6-8-12/h4-8,11H,9-10,15H2,1-3H3,(H,16,17). The zero-order chi connectivity index (χ0) is 12.9. The third-order valence-electron chi connectivity index (χ3n) is 3.33. The van der Waals surface area contributed by atoms with Gasteiger partial charge in [0.25, 0.3) is 0 Å². The summed E-state index contributed by atoms with van der Waals surface area (Å²) in [6.07, 6.45) is 0.406. The van der Waals surface area contributed by atoms with Crippen molar-refractivity contribution in [3.63, 3.8) is 0 Å². The molecule has 3 N–H and O–H groups in total. The summed E-state index contributed by atoms with van der Waals surface area (Å²) in [4.78, 5) is 11.9. The van der Waals surface area contributed by atoms with Gasteiger partial charge in [-0.25, -0.2) is 0 Å². The number of hydrogen-bond acceptors (Lipinski definition) is 2. The molecular weight excluding hydrogens is 212 g/mol. The second kappa shape index (κ2) is 5.82. The highest BCUT2D eigenvalue weighted by molar-refractivity contribution is 5.79. The fourth-order valence-corrected chi connectivity index (χ4v) is 1.58. The third-order valence-corrected chi connectivity index (χ3v) is 3.33. The van der Waals surface area contributed by atoms with E-state index in [4.69, 9.17) is 5.73 Å². The van der Waals surface area contributed by atoms with Gasteiger partial charge in [0, 0.05) is 6.54 Å². The molecule has 1 atom stereocenters. The lowest BCUT2D eigenvalue weighted by Gasteiger charge is -2.33. The van der Waals surface area contributed by atoms with Crippen molar-refractivity contribution in [2.45, 2.75) is 32.7 Å². The van der Waals surface area contributed by atoms with Gasteiger partial charge < -0.3 is 11.1 Å². The summed E-state index contributed by atoms with van der Waals surface area (Å²) in [6.45, 7) is 6.57. The highest BCUT2D eigenvalue weighted by atomic mass is 16.1. The lowest BCUT2D eigenvalue weighted by atomic mass is 9.88. The van der Waals surface area contributed by atoms with E-state index in [2.05, 4.69) is 19.2 Å². The second-order valence-electron chi connectivity index (χ2n) is 4.99.